The highest BCUT2D eigenvalue weighted by atomic mass is 16.5. The minimum Gasteiger partial charge on any atom is -0.493 e. The van der Waals surface area contributed by atoms with Gasteiger partial charge in [0.2, 0.25) is 11.8 Å². The number of benzene rings is 4. The van der Waals surface area contributed by atoms with Gasteiger partial charge >= 0.3 is 0 Å². The van der Waals surface area contributed by atoms with Crippen molar-refractivity contribution in [3.8, 4) is 34.5 Å². The van der Waals surface area contributed by atoms with Crippen molar-refractivity contribution >= 4 is 23.2 Å². The molecule has 12 heteroatoms. The van der Waals surface area contributed by atoms with Crippen molar-refractivity contribution in [1.29, 1.82) is 0 Å². The van der Waals surface area contributed by atoms with Crippen LogP contribution in [0.2, 0.25) is 0 Å². The Kier molecular flexibility index (Phi) is 13.8. The molecule has 4 aromatic carbocycles. The average Bonchev–Trinajstić information content (AvgIpc) is 3.59. The fourth-order valence-corrected chi connectivity index (χ4v) is 9.20. The van der Waals surface area contributed by atoms with Crippen molar-refractivity contribution in [2.75, 3.05) is 103 Å². The van der Waals surface area contributed by atoms with Gasteiger partial charge in [-0.25, -0.2) is 0 Å². The minimum absolute atomic E-state index is 0.0221. The Balaban J connectivity index is 1.23. The molecule has 2 saturated heterocycles. The van der Waals surface area contributed by atoms with Gasteiger partial charge in [0.05, 0.1) is 57.9 Å². The van der Waals surface area contributed by atoms with Gasteiger partial charge in [-0.3, -0.25) is 9.59 Å². The quantitative estimate of drug-likeness (QED) is 0.115. The molecule has 0 saturated carbocycles. The van der Waals surface area contributed by atoms with Crippen LogP contribution in [0.1, 0.15) is 62.6 Å². The van der Waals surface area contributed by atoms with Crippen molar-refractivity contribution in [2.45, 2.75) is 46.0 Å². The maximum Gasteiger partial charge on any atom is 0.227 e. The number of ether oxygens (including phenoxy) is 6. The summed E-state index contributed by atoms with van der Waals surface area (Å²) < 4.78 is 35.7. The molecule has 12 nitrogen and oxygen atoms in total. The molecule has 0 aromatic heterocycles. The van der Waals surface area contributed by atoms with Gasteiger partial charge in [-0.15, -0.1) is 0 Å². The van der Waals surface area contributed by atoms with E-state index in [2.05, 4.69) is 21.9 Å². The standard InChI is InChI=1S/C48H60N4O8/c1-7-57-39-17-13-11-15-37(39)49-21-25-51(26-22-49)45(53)32-36-34-30-43(56-6)44(60-10-4)31-35(34)46(33-19-20-41(59-9-3)42(29-33)55-5)47(36)48(54)52-27-23-50(24-28-52)38-16-12-14-18-40(38)58-8-2/h11-20,29-31,36,46-47H,7-10,21-28,32H2,1-6H3. The summed E-state index contributed by atoms with van der Waals surface area (Å²) in [6.45, 7) is 14.8. The van der Waals surface area contributed by atoms with Gasteiger partial charge in [0.15, 0.2) is 23.0 Å². The number of rotatable bonds is 16. The molecule has 60 heavy (non-hydrogen) atoms. The van der Waals surface area contributed by atoms with Gasteiger partial charge in [0, 0.05) is 70.6 Å². The van der Waals surface area contributed by atoms with Gasteiger partial charge in [-0.05, 0) is 92.9 Å². The fraction of sp³-hybridized carbons (Fsp3) is 0.458. The second-order valence-corrected chi connectivity index (χ2v) is 15.2. The summed E-state index contributed by atoms with van der Waals surface area (Å²) in [5.41, 5.74) is 4.84. The number of carbonyl (C=O) groups is 2. The first-order valence-corrected chi connectivity index (χ1v) is 21.5. The average molecular weight is 821 g/mol. The van der Waals surface area contributed by atoms with Crippen molar-refractivity contribution < 1.29 is 38.0 Å². The molecule has 2 heterocycles. The number of para-hydroxylation sites is 4. The molecular formula is C48H60N4O8. The third-order valence-electron chi connectivity index (χ3n) is 12.0. The summed E-state index contributed by atoms with van der Waals surface area (Å²) in [6, 6.07) is 26.1. The zero-order valence-corrected chi connectivity index (χ0v) is 36.0. The lowest BCUT2D eigenvalue weighted by molar-refractivity contribution is -0.138. The van der Waals surface area contributed by atoms with E-state index in [9.17, 15) is 4.79 Å². The SMILES string of the molecule is CCOc1ccc(C2c3cc(OCC)c(OC)cc3C(CC(=O)N3CCN(c4ccccc4OCC)CC3)C2C(=O)N2CCN(c3ccccc3OCC)CC2)cc1OC. The van der Waals surface area contributed by atoms with E-state index in [0.29, 0.717) is 102 Å². The lowest BCUT2D eigenvalue weighted by Crippen LogP contribution is -2.52. The number of hydrogen-bond donors (Lipinski definition) is 0. The van der Waals surface area contributed by atoms with Gasteiger partial charge in [0.1, 0.15) is 11.5 Å². The first-order valence-electron chi connectivity index (χ1n) is 21.5. The smallest absolute Gasteiger partial charge is 0.227 e. The first kappa shape index (κ1) is 42.3. The molecule has 3 atom stereocenters. The lowest BCUT2D eigenvalue weighted by atomic mass is 9.79. The monoisotopic (exact) mass is 820 g/mol. The normalized spacial score (nSPS) is 18.8. The molecule has 3 unspecified atom stereocenters. The molecule has 320 valence electrons. The Morgan fingerprint density at radius 2 is 1.02 bits per heavy atom. The van der Waals surface area contributed by atoms with E-state index in [-0.39, 0.29) is 18.2 Å². The molecule has 0 spiro atoms. The summed E-state index contributed by atoms with van der Waals surface area (Å²) in [4.78, 5) is 38.6. The summed E-state index contributed by atoms with van der Waals surface area (Å²) in [7, 11) is 3.26. The van der Waals surface area contributed by atoms with Gasteiger partial charge in [-0.2, -0.15) is 0 Å². The molecule has 7 rings (SSSR count). The van der Waals surface area contributed by atoms with Crippen LogP contribution in [0.3, 0.4) is 0 Å². The van der Waals surface area contributed by atoms with E-state index in [1.165, 1.54) is 0 Å². The Morgan fingerprint density at radius 3 is 1.57 bits per heavy atom. The van der Waals surface area contributed by atoms with Gasteiger partial charge in [-0.1, -0.05) is 30.3 Å². The number of fused-ring (bicyclic) bond motifs is 1. The molecule has 2 fully saturated rings. The number of hydrogen-bond acceptors (Lipinski definition) is 10. The number of amides is 2. The van der Waals surface area contributed by atoms with E-state index < -0.39 is 17.8 Å². The topological polar surface area (TPSA) is 102 Å². The lowest BCUT2D eigenvalue weighted by Gasteiger charge is -2.40. The summed E-state index contributed by atoms with van der Waals surface area (Å²) >= 11 is 0. The van der Waals surface area contributed by atoms with Crippen LogP contribution < -0.4 is 38.2 Å². The molecule has 1 aliphatic carbocycles. The van der Waals surface area contributed by atoms with E-state index >= 15 is 4.79 Å². The van der Waals surface area contributed by atoms with Crippen molar-refractivity contribution in [2.24, 2.45) is 5.92 Å². The first-order chi connectivity index (χ1) is 29.3. The highest BCUT2D eigenvalue weighted by molar-refractivity contribution is 5.87. The second kappa shape index (κ2) is 19.5. The maximum absolute atomic E-state index is 15.4. The summed E-state index contributed by atoms with van der Waals surface area (Å²) in [5.74, 6) is 2.72. The molecule has 4 aromatic rings. The van der Waals surface area contributed by atoms with E-state index in [1.54, 1.807) is 14.2 Å². The molecule has 0 N–H and O–H groups in total. The van der Waals surface area contributed by atoms with Crippen LogP contribution in [0.15, 0.2) is 78.9 Å². The molecule has 0 bridgehead atoms. The van der Waals surface area contributed by atoms with Crippen molar-refractivity contribution in [1.82, 2.24) is 9.80 Å². The molecule has 2 aliphatic heterocycles. The number of nitrogens with zero attached hydrogens (tertiary/aromatic N) is 4. The number of anilines is 2. The summed E-state index contributed by atoms with van der Waals surface area (Å²) in [5, 5.41) is 0. The maximum atomic E-state index is 15.4. The van der Waals surface area contributed by atoms with Crippen LogP contribution >= 0.6 is 0 Å². The highest BCUT2D eigenvalue weighted by Crippen LogP contribution is 2.55. The van der Waals surface area contributed by atoms with E-state index in [0.717, 1.165) is 39.6 Å². The zero-order valence-electron chi connectivity index (χ0n) is 36.0. The van der Waals surface area contributed by atoms with Crippen molar-refractivity contribution in [3.63, 3.8) is 0 Å². The van der Waals surface area contributed by atoms with Crippen LogP contribution in [0, 0.1) is 5.92 Å². The molecule has 2 amide bonds. The Hall–Kier alpha value is -5.78. The van der Waals surface area contributed by atoms with Crippen LogP contribution in [-0.4, -0.2) is 115 Å². The zero-order chi connectivity index (χ0) is 42.2. The predicted molar refractivity (Wildman–Crippen MR) is 234 cm³/mol. The third-order valence-corrected chi connectivity index (χ3v) is 12.0. The number of piperazine rings is 2. The number of carbonyl (C=O) groups excluding carboxylic acids is 2. The van der Waals surface area contributed by atoms with Crippen LogP contribution in [0.5, 0.6) is 34.5 Å². The Bertz CT molecular complexity index is 2090. The summed E-state index contributed by atoms with van der Waals surface area (Å²) in [6.07, 6.45) is 0.169. The van der Waals surface area contributed by atoms with Crippen LogP contribution in [0.4, 0.5) is 11.4 Å². The van der Waals surface area contributed by atoms with Gasteiger partial charge < -0.3 is 48.0 Å². The van der Waals surface area contributed by atoms with E-state index in [4.69, 9.17) is 28.4 Å². The third kappa shape index (κ3) is 8.74. The highest BCUT2D eigenvalue weighted by Gasteiger charge is 2.49. The molecule has 3 aliphatic rings. The van der Waals surface area contributed by atoms with Gasteiger partial charge in [0.25, 0.3) is 0 Å². The predicted octanol–water partition coefficient (Wildman–Crippen LogP) is 7.23. The molecule has 0 radical (unpaired) electrons. The fourth-order valence-electron chi connectivity index (χ4n) is 9.20. The Labute approximate surface area is 354 Å². The number of methoxy groups -OCH3 is 2. The largest absolute Gasteiger partial charge is 0.493 e. The molecular weight excluding hydrogens is 761 g/mol. The minimum atomic E-state index is -0.588. The van der Waals surface area contributed by atoms with Crippen LogP contribution in [-0.2, 0) is 9.59 Å². The van der Waals surface area contributed by atoms with Crippen LogP contribution in [0.25, 0.3) is 0 Å². The van der Waals surface area contributed by atoms with Crippen molar-refractivity contribution in [3.05, 3.63) is 95.6 Å². The second-order valence-electron chi connectivity index (χ2n) is 15.2. The van der Waals surface area contributed by atoms with E-state index in [1.807, 2.05) is 104 Å². The Morgan fingerprint density at radius 1 is 0.533 bits per heavy atom.